The molecule has 0 heterocycles. The summed E-state index contributed by atoms with van der Waals surface area (Å²) in [4.78, 5) is 12.4. The summed E-state index contributed by atoms with van der Waals surface area (Å²) in [5.74, 6) is -0.533. The minimum atomic E-state index is -2.90. The minimum Gasteiger partial charge on any atom is -0.493 e. The highest BCUT2D eigenvalue weighted by molar-refractivity contribution is 5.66. The average Bonchev–Trinajstić information content (AvgIpc) is 2.43. The average molecular weight is 317 g/mol. The molecule has 0 spiro atoms. The molecule has 0 fully saturated rings. The number of alkyl halides is 2. The maximum Gasteiger partial charge on any atom is 0.387 e. The Morgan fingerprint density at radius 3 is 2.64 bits per heavy atom. The zero-order chi connectivity index (χ0) is 16.5. The lowest BCUT2D eigenvalue weighted by atomic mass is 10.1. The molecule has 0 bridgehead atoms. The summed E-state index contributed by atoms with van der Waals surface area (Å²) in [6.45, 7) is -1.63. The molecule has 0 amide bonds. The van der Waals surface area contributed by atoms with Crippen LogP contribution in [0.4, 0.5) is 8.78 Å². The molecule has 5 nitrogen and oxygen atoms in total. The number of carbonyl (C=O) groups is 1. The SMILES string of the molecule is COc1ccc(CN(C)CCCCC(=O)O)cc1OC(F)F. The fourth-order valence-corrected chi connectivity index (χ4v) is 2.06. The molecular weight excluding hydrogens is 296 g/mol. The highest BCUT2D eigenvalue weighted by atomic mass is 19.3. The van der Waals surface area contributed by atoms with Gasteiger partial charge in [0, 0.05) is 13.0 Å². The van der Waals surface area contributed by atoms with E-state index in [1.807, 2.05) is 11.9 Å². The number of hydrogen-bond acceptors (Lipinski definition) is 4. The largest absolute Gasteiger partial charge is 0.493 e. The van der Waals surface area contributed by atoms with Crippen LogP contribution in [0, 0.1) is 0 Å². The summed E-state index contributed by atoms with van der Waals surface area (Å²) in [6.07, 6.45) is 1.53. The van der Waals surface area contributed by atoms with E-state index < -0.39 is 12.6 Å². The lowest BCUT2D eigenvalue weighted by molar-refractivity contribution is -0.137. The molecule has 1 aromatic rings. The van der Waals surface area contributed by atoms with Crippen molar-refractivity contribution in [2.75, 3.05) is 20.7 Å². The Morgan fingerprint density at radius 2 is 2.05 bits per heavy atom. The van der Waals surface area contributed by atoms with Gasteiger partial charge in [0.1, 0.15) is 0 Å². The molecule has 124 valence electrons. The lowest BCUT2D eigenvalue weighted by Gasteiger charge is -2.18. The van der Waals surface area contributed by atoms with E-state index in [1.54, 1.807) is 12.1 Å². The number of halogens is 2. The van der Waals surface area contributed by atoms with Gasteiger partial charge >= 0.3 is 12.6 Å². The predicted octanol–water partition coefficient (Wildman–Crippen LogP) is 2.98. The molecule has 22 heavy (non-hydrogen) atoms. The number of nitrogens with zero attached hydrogens (tertiary/aromatic N) is 1. The zero-order valence-electron chi connectivity index (χ0n) is 12.7. The first-order valence-electron chi connectivity index (χ1n) is 6.94. The summed E-state index contributed by atoms with van der Waals surface area (Å²) >= 11 is 0. The summed E-state index contributed by atoms with van der Waals surface area (Å²) in [7, 11) is 3.28. The van der Waals surface area contributed by atoms with E-state index in [-0.39, 0.29) is 17.9 Å². The van der Waals surface area contributed by atoms with Gasteiger partial charge in [-0.2, -0.15) is 8.78 Å². The van der Waals surface area contributed by atoms with Crippen molar-refractivity contribution in [1.82, 2.24) is 4.90 Å². The van der Waals surface area contributed by atoms with Gasteiger partial charge in [0.25, 0.3) is 0 Å². The van der Waals surface area contributed by atoms with E-state index in [4.69, 9.17) is 9.84 Å². The van der Waals surface area contributed by atoms with Crippen molar-refractivity contribution >= 4 is 5.97 Å². The van der Waals surface area contributed by atoms with Gasteiger partial charge in [0.15, 0.2) is 11.5 Å². The molecule has 0 saturated carbocycles. The van der Waals surface area contributed by atoms with Crippen LogP contribution in [0.5, 0.6) is 11.5 Å². The fraction of sp³-hybridized carbons (Fsp3) is 0.533. The molecule has 0 aromatic heterocycles. The molecule has 0 unspecified atom stereocenters. The first-order chi connectivity index (χ1) is 10.4. The van der Waals surface area contributed by atoms with Crippen molar-refractivity contribution in [3.8, 4) is 11.5 Å². The normalized spacial score (nSPS) is 11.0. The number of hydrogen-bond donors (Lipinski definition) is 1. The van der Waals surface area contributed by atoms with Crippen LogP contribution in [0.1, 0.15) is 24.8 Å². The number of carboxylic acid groups (broad SMARTS) is 1. The van der Waals surface area contributed by atoms with Crippen LogP contribution < -0.4 is 9.47 Å². The summed E-state index contributed by atoms with van der Waals surface area (Å²) in [5, 5.41) is 8.57. The van der Waals surface area contributed by atoms with E-state index in [0.717, 1.165) is 18.5 Å². The van der Waals surface area contributed by atoms with Crippen LogP contribution in [0.3, 0.4) is 0 Å². The predicted molar refractivity (Wildman–Crippen MR) is 77.4 cm³/mol. The quantitative estimate of drug-likeness (QED) is 0.672. The number of rotatable bonds is 10. The fourth-order valence-electron chi connectivity index (χ4n) is 2.06. The van der Waals surface area contributed by atoms with Gasteiger partial charge in [-0.3, -0.25) is 4.79 Å². The maximum atomic E-state index is 12.4. The number of ether oxygens (including phenoxy) is 2. The molecule has 0 radical (unpaired) electrons. The number of carboxylic acids is 1. The van der Waals surface area contributed by atoms with Crippen LogP contribution in [-0.4, -0.2) is 43.3 Å². The number of unbranched alkanes of at least 4 members (excludes halogenated alkanes) is 1. The number of methoxy groups -OCH3 is 1. The molecule has 1 aromatic carbocycles. The molecule has 0 aliphatic carbocycles. The van der Waals surface area contributed by atoms with E-state index in [0.29, 0.717) is 13.0 Å². The molecule has 7 heteroatoms. The van der Waals surface area contributed by atoms with Crippen molar-refractivity contribution in [1.29, 1.82) is 0 Å². The number of benzene rings is 1. The molecule has 0 aliphatic heterocycles. The van der Waals surface area contributed by atoms with Crippen molar-refractivity contribution < 1.29 is 28.2 Å². The van der Waals surface area contributed by atoms with Gasteiger partial charge in [-0.25, -0.2) is 0 Å². The molecule has 1 N–H and O–H groups in total. The lowest BCUT2D eigenvalue weighted by Crippen LogP contribution is -2.19. The van der Waals surface area contributed by atoms with Gasteiger partial charge in [-0.15, -0.1) is 0 Å². The van der Waals surface area contributed by atoms with Crippen LogP contribution in [0.25, 0.3) is 0 Å². The van der Waals surface area contributed by atoms with E-state index in [2.05, 4.69) is 4.74 Å². The third kappa shape index (κ3) is 6.71. The standard InChI is InChI=1S/C15H21F2NO4/c1-18(8-4-3-5-14(19)20)10-11-6-7-12(21-2)13(9-11)22-15(16)17/h6-7,9,15H,3-5,8,10H2,1-2H3,(H,19,20). The van der Waals surface area contributed by atoms with Crippen LogP contribution in [-0.2, 0) is 11.3 Å². The molecule has 0 atom stereocenters. The second-order valence-corrected chi connectivity index (χ2v) is 4.95. The molecule has 0 aliphatic rings. The van der Waals surface area contributed by atoms with E-state index in [9.17, 15) is 13.6 Å². The zero-order valence-corrected chi connectivity index (χ0v) is 12.7. The minimum absolute atomic E-state index is 0.00859. The third-order valence-corrected chi connectivity index (χ3v) is 3.08. The monoisotopic (exact) mass is 317 g/mol. The van der Waals surface area contributed by atoms with Gasteiger partial charge in [-0.05, 0) is 44.1 Å². The van der Waals surface area contributed by atoms with Crippen molar-refractivity contribution in [2.45, 2.75) is 32.4 Å². The van der Waals surface area contributed by atoms with Crippen molar-refractivity contribution in [3.05, 3.63) is 23.8 Å². The van der Waals surface area contributed by atoms with Gasteiger partial charge in [-0.1, -0.05) is 6.07 Å². The highest BCUT2D eigenvalue weighted by Crippen LogP contribution is 2.29. The van der Waals surface area contributed by atoms with Gasteiger partial charge in [0.05, 0.1) is 7.11 Å². The second kappa shape index (κ2) is 9.19. The summed E-state index contributed by atoms with van der Waals surface area (Å²) in [5.41, 5.74) is 0.817. The van der Waals surface area contributed by atoms with E-state index >= 15 is 0 Å². The van der Waals surface area contributed by atoms with Crippen LogP contribution in [0.2, 0.25) is 0 Å². The Morgan fingerprint density at radius 1 is 1.32 bits per heavy atom. The Kier molecular flexibility index (Phi) is 7.59. The molecule has 1 rings (SSSR count). The summed E-state index contributed by atoms with van der Waals surface area (Å²) < 4.78 is 34.2. The van der Waals surface area contributed by atoms with Gasteiger partial charge in [0.2, 0.25) is 0 Å². The first kappa shape index (κ1) is 18.2. The van der Waals surface area contributed by atoms with Gasteiger partial charge < -0.3 is 19.5 Å². The topological polar surface area (TPSA) is 59.0 Å². The molecular formula is C15H21F2NO4. The Hall–Kier alpha value is -1.89. The third-order valence-electron chi connectivity index (χ3n) is 3.08. The van der Waals surface area contributed by atoms with E-state index in [1.165, 1.54) is 13.2 Å². The molecule has 0 saturated heterocycles. The van der Waals surface area contributed by atoms with Crippen molar-refractivity contribution in [3.63, 3.8) is 0 Å². The van der Waals surface area contributed by atoms with Crippen molar-refractivity contribution in [2.24, 2.45) is 0 Å². The first-order valence-corrected chi connectivity index (χ1v) is 6.94. The second-order valence-electron chi connectivity index (χ2n) is 4.95. The smallest absolute Gasteiger partial charge is 0.387 e. The highest BCUT2D eigenvalue weighted by Gasteiger charge is 2.12. The Balaban J connectivity index is 2.55. The van der Waals surface area contributed by atoms with Crippen LogP contribution in [0.15, 0.2) is 18.2 Å². The Labute approximate surface area is 128 Å². The summed E-state index contributed by atoms with van der Waals surface area (Å²) in [6, 6.07) is 4.90. The van der Waals surface area contributed by atoms with Crippen LogP contribution >= 0.6 is 0 Å². The maximum absolute atomic E-state index is 12.4. The number of aliphatic carboxylic acids is 1. The Bertz CT molecular complexity index is 483.